The van der Waals surface area contributed by atoms with Crippen LogP contribution in [0, 0.1) is 23.2 Å². The summed E-state index contributed by atoms with van der Waals surface area (Å²) in [6.07, 6.45) is 7.55. The number of allylic oxidation sites excluding steroid dienone is 1. The predicted octanol–water partition coefficient (Wildman–Crippen LogP) is 3.75. The summed E-state index contributed by atoms with van der Waals surface area (Å²) in [6.45, 7) is 10.6. The van der Waals surface area contributed by atoms with E-state index in [1.165, 1.54) is 6.42 Å². The topological polar surface area (TPSA) is 18.5 Å². The van der Waals surface area contributed by atoms with E-state index in [9.17, 15) is 0 Å². The summed E-state index contributed by atoms with van der Waals surface area (Å²) >= 11 is 0. The van der Waals surface area contributed by atoms with E-state index in [0.717, 1.165) is 19.0 Å². The molecule has 2 nitrogen and oxygen atoms in total. The minimum absolute atomic E-state index is 0.147. The van der Waals surface area contributed by atoms with Crippen molar-refractivity contribution in [2.24, 2.45) is 23.2 Å². The maximum atomic E-state index is 5.81. The quantitative estimate of drug-likeness (QED) is 0.743. The summed E-state index contributed by atoms with van der Waals surface area (Å²) in [5.41, 5.74) is 0.147. The molecule has 2 heterocycles. The average Bonchev–Trinajstić information content (AvgIpc) is 2.85. The van der Waals surface area contributed by atoms with E-state index < -0.39 is 0 Å². The molecule has 0 aromatic carbocycles. The lowest BCUT2D eigenvalue weighted by Crippen LogP contribution is -2.15. The second-order valence-corrected chi connectivity index (χ2v) is 6.39. The summed E-state index contributed by atoms with van der Waals surface area (Å²) in [5.74, 6) is 2.99. The molecule has 96 valence electrons. The molecule has 2 aliphatic heterocycles. The molecule has 0 radical (unpaired) electrons. The van der Waals surface area contributed by atoms with Crippen LogP contribution in [0.15, 0.2) is 24.2 Å². The Morgan fingerprint density at radius 3 is 2.65 bits per heavy atom. The third-order valence-corrected chi connectivity index (χ3v) is 3.70. The minimum Gasteiger partial charge on any atom is -0.501 e. The molecule has 3 atom stereocenters. The van der Waals surface area contributed by atoms with Gasteiger partial charge in [0.1, 0.15) is 0 Å². The average molecular weight is 236 g/mol. The van der Waals surface area contributed by atoms with Crippen LogP contribution in [-0.4, -0.2) is 13.2 Å². The van der Waals surface area contributed by atoms with Gasteiger partial charge in [-0.3, -0.25) is 0 Å². The highest BCUT2D eigenvalue weighted by atomic mass is 16.5. The fraction of sp³-hybridized carbons (Fsp3) is 0.733. The maximum Gasteiger partial charge on any atom is 0.0977 e. The fourth-order valence-corrected chi connectivity index (χ4v) is 2.49. The monoisotopic (exact) mass is 236 g/mol. The molecule has 0 aromatic rings. The molecular weight excluding hydrogens is 212 g/mol. The van der Waals surface area contributed by atoms with Gasteiger partial charge in [-0.05, 0) is 24.5 Å². The smallest absolute Gasteiger partial charge is 0.0977 e. The molecule has 0 saturated carbocycles. The molecule has 0 aromatic heterocycles. The van der Waals surface area contributed by atoms with Gasteiger partial charge in [0.2, 0.25) is 0 Å². The molecule has 0 amide bonds. The zero-order valence-electron chi connectivity index (χ0n) is 11.4. The molecule has 3 unspecified atom stereocenters. The van der Waals surface area contributed by atoms with Gasteiger partial charge in [-0.2, -0.15) is 0 Å². The molecule has 0 N–H and O–H groups in total. The summed E-state index contributed by atoms with van der Waals surface area (Å²) in [4.78, 5) is 0. The molecule has 2 heteroatoms. The van der Waals surface area contributed by atoms with E-state index in [0.29, 0.717) is 17.8 Å². The molecule has 0 bridgehead atoms. The van der Waals surface area contributed by atoms with Gasteiger partial charge in [-0.25, -0.2) is 0 Å². The predicted molar refractivity (Wildman–Crippen MR) is 69.3 cm³/mol. The van der Waals surface area contributed by atoms with Crippen LogP contribution in [0.5, 0.6) is 0 Å². The highest BCUT2D eigenvalue weighted by molar-refractivity contribution is 5.10. The van der Waals surface area contributed by atoms with Crippen molar-refractivity contribution in [3.8, 4) is 0 Å². The summed E-state index contributed by atoms with van der Waals surface area (Å²) in [5, 5.41) is 0. The Bertz CT molecular complexity index is 322. The molecule has 0 saturated heterocycles. The van der Waals surface area contributed by atoms with Crippen LogP contribution >= 0.6 is 0 Å². The van der Waals surface area contributed by atoms with Crippen molar-refractivity contribution in [1.29, 1.82) is 0 Å². The van der Waals surface area contributed by atoms with E-state index >= 15 is 0 Å². The highest BCUT2D eigenvalue weighted by Crippen LogP contribution is 2.35. The molecule has 0 aliphatic carbocycles. The minimum atomic E-state index is 0.147. The van der Waals surface area contributed by atoms with Crippen molar-refractivity contribution in [3.63, 3.8) is 0 Å². The third-order valence-electron chi connectivity index (χ3n) is 3.70. The summed E-state index contributed by atoms with van der Waals surface area (Å²) < 4.78 is 11.1. The first-order valence-corrected chi connectivity index (χ1v) is 6.60. The van der Waals surface area contributed by atoms with Gasteiger partial charge in [-0.1, -0.05) is 27.7 Å². The highest BCUT2D eigenvalue weighted by Gasteiger charge is 2.29. The van der Waals surface area contributed by atoms with Crippen molar-refractivity contribution in [2.75, 3.05) is 13.2 Å². The Hall–Kier alpha value is -0.920. The first-order valence-electron chi connectivity index (χ1n) is 6.60. The number of hydrogen-bond donors (Lipinski definition) is 0. The van der Waals surface area contributed by atoms with Gasteiger partial charge in [0.05, 0.1) is 25.2 Å². The first kappa shape index (κ1) is 12.5. The molecule has 0 spiro atoms. The largest absolute Gasteiger partial charge is 0.501 e. The lowest BCUT2D eigenvalue weighted by molar-refractivity contribution is 0.151. The van der Waals surface area contributed by atoms with E-state index in [4.69, 9.17) is 9.47 Å². The van der Waals surface area contributed by atoms with Crippen molar-refractivity contribution in [3.05, 3.63) is 24.2 Å². The molecule has 17 heavy (non-hydrogen) atoms. The molecular formula is C15H24O2. The van der Waals surface area contributed by atoms with E-state index in [1.54, 1.807) is 0 Å². The van der Waals surface area contributed by atoms with Crippen LogP contribution in [0.25, 0.3) is 0 Å². The van der Waals surface area contributed by atoms with Crippen LogP contribution < -0.4 is 0 Å². The van der Waals surface area contributed by atoms with E-state index in [1.807, 2.05) is 6.26 Å². The summed E-state index contributed by atoms with van der Waals surface area (Å²) in [7, 11) is 0. The Balaban J connectivity index is 1.88. The zero-order chi connectivity index (χ0) is 12.5. The normalized spacial score (nSPS) is 29.8. The lowest BCUT2D eigenvalue weighted by atomic mass is 9.86. The SMILES string of the molecule is CC(CC1C=C(C(C)(C)C)OC1)C1C=COC1. The molecule has 0 fully saturated rings. The molecule has 2 aliphatic rings. The van der Waals surface area contributed by atoms with Gasteiger partial charge in [0, 0.05) is 17.3 Å². The Labute approximate surface area is 105 Å². The van der Waals surface area contributed by atoms with Gasteiger partial charge in [0.25, 0.3) is 0 Å². The van der Waals surface area contributed by atoms with E-state index in [2.05, 4.69) is 39.8 Å². The van der Waals surface area contributed by atoms with E-state index in [-0.39, 0.29) is 5.41 Å². The van der Waals surface area contributed by atoms with Crippen molar-refractivity contribution in [1.82, 2.24) is 0 Å². The number of rotatable bonds is 3. The Kier molecular flexibility index (Phi) is 3.50. The Morgan fingerprint density at radius 1 is 1.35 bits per heavy atom. The van der Waals surface area contributed by atoms with Crippen LogP contribution in [0.2, 0.25) is 0 Å². The Morgan fingerprint density at radius 2 is 2.12 bits per heavy atom. The van der Waals surface area contributed by atoms with Crippen LogP contribution in [0.3, 0.4) is 0 Å². The second kappa shape index (κ2) is 4.75. The maximum absolute atomic E-state index is 5.81. The van der Waals surface area contributed by atoms with Crippen LogP contribution in [0.4, 0.5) is 0 Å². The number of ether oxygens (including phenoxy) is 2. The van der Waals surface area contributed by atoms with Crippen molar-refractivity contribution in [2.45, 2.75) is 34.1 Å². The standard InChI is InChI=1S/C15H24O2/c1-11(13-5-6-16-10-13)7-12-8-14(17-9-12)15(2,3)4/h5-6,8,11-13H,7,9-10H2,1-4H3. The van der Waals surface area contributed by atoms with Crippen LogP contribution in [0.1, 0.15) is 34.1 Å². The zero-order valence-corrected chi connectivity index (χ0v) is 11.4. The van der Waals surface area contributed by atoms with Crippen molar-refractivity contribution >= 4 is 0 Å². The van der Waals surface area contributed by atoms with Gasteiger partial charge in [0.15, 0.2) is 0 Å². The summed E-state index contributed by atoms with van der Waals surface area (Å²) in [6, 6.07) is 0. The third kappa shape index (κ3) is 3.05. The second-order valence-electron chi connectivity index (χ2n) is 6.39. The van der Waals surface area contributed by atoms with Gasteiger partial charge < -0.3 is 9.47 Å². The number of hydrogen-bond acceptors (Lipinski definition) is 2. The van der Waals surface area contributed by atoms with Gasteiger partial charge in [-0.15, -0.1) is 0 Å². The lowest BCUT2D eigenvalue weighted by Gasteiger charge is -2.19. The van der Waals surface area contributed by atoms with Crippen molar-refractivity contribution < 1.29 is 9.47 Å². The van der Waals surface area contributed by atoms with Crippen LogP contribution in [-0.2, 0) is 9.47 Å². The molecule has 2 rings (SSSR count). The van der Waals surface area contributed by atoms with Gasteiger partial charge >= 0.3 is 0 Å². The fourth-order valence-electron chi connectivity index (χ4n) is 2.49. The first-order chi connectivity index (χ1) is 7.97.